The molecule has 1 amide bonds. The number of benzene rings is 1. The lowest BCUT2D eigenvalue weighted by molar-refractivity contribution is -0.119. The molecular formula is C21H28ClN3O2. The number of rotatable bonds is 7. The number of halogens is 1. The third-order valence-corrected chi connectivity index (χ3v) is 3.76. The van der Waals surface area contributed by atoms with E-state index in [9.17, 15) is 4.79 Å². The van der Waals surface area contributed by atoms with Crippen LogP contribution in [0.3, 0.4) is 0 Å². The molecular weight excluding hydrogens is 362 g/mol. The number of aryl methyl sites for hydroxylation is 1. The summed E-state index contributed by atoms with van der Waals surface area (Å²) in [5.74, 6) is 0.535. The highest BCUT2D eigenvalue weighted by Gasteiger charge is 2.05. The van der Waals surface area contributed by atoms with E-state index in [1.807, 2.05) is 45.1 Å². The van der Waals surface area contributed by atoms with Crippen molar-refractivity contribution in [3.8, 4) is 11.8 Å². The molecule has 0 unspecified atom stereocenters. The van der Waals surface area contributed by atoms with Gasteiger partial charge in [0.2, 0.25) is 5.91 Å². The Balaban J connectivity index is 0.00000176. The number of hydrogen-bond donors (Lipinski definition) is 1. The van der Waals surface area contributed by atoms with Crippen molar-refractivity contribution in [3.05, 3.63) is 52.8 Å². The van der Waals surface area contributed by atoms with E-state index in [0.29, 0.717) is 10.8 Å². The van der Waals surface area contributed by atoms with Crippen molar-refractivity contribution in [1.29, 1.82) is 0 Å². The number of nitrogens with one attached hydrogen (secondary N) is 1. The number of carbonyl (C=O) groups is 1. The van der Waals surface area contributed by atoms with Gasteiger partial charge in [-0.3, -0.25) is 4.79 Å². The minimum Gasteiger partial charge on any atom is -0.424 e. The summed E-state index contributed by atoms with van der Waals surface area (Å²) in [6.07, 6.45) is 9.01. The first-order valence-corrected chi connectivity index (χ1v) is 9.59. The van der Waals surface area contributed by atoms with Crippen LogP contribution in [0, 0.1) is 0 Å². The normalized spacial score (nSPS) is 11.5. The molecule has 6 heteroatoms. The van der Waals surface area contributed by atoms with Crippen LogP contribution < -0.4 is 10.1 Å². The summed E-state index contributed by atoms with van der Waals surface area (Å²) < 4.78 is 5.64. The SMILES string of the molecule is CC.CCCc1ccc(Oc2ncc(/C=C/[C@H](C)NC(C)=O)cn2)cc1Cl. The van der Waals surface area contributed by atoms with E-state index in [1.54, 1.807) is 18.5 Å². The summed E-state index contributed by atoms with van der Waals surface area (Å²) in [6.45, 7) is 9.49. The minimum atomic E-state index is -0.0687. The van der Waals surface area contributed by atoms with E-state index >= 15 is 0 Å². The Kier molecular flexibility index (Phi) is 10.1. The molecule has 1 aromatic heterocycles. The zero-order valence-electron chi connectivity index (χ0n) is 16.6. The van der Waals surface area contributed by atoms with E-state index in [-0.39, 0.29) is 18.0 Å². The average Bonchev–Trinajstić information content (AvgIpc) is 2.65. The van der Waals surface area contributed by atoms with Crippen molar-refractivity contribution in [2.45, 2.75) is 53.5 Å². The van der Waals surface area contributed by atoms with Crippen LogP contribution in [0.25, 0.3) is 6.08 Å². The molecule has 0 spiro atoms. The second-order valence-electron chi connectivity index (χ2n) is 5.75. The van der Waals surface area contributed by atoms with E-state index in [2.05, 4.69) is 22.2 Å². The van der Waals surface area contributed by atoms with Crippen LogP contribution in [0.5, 0.6) is 11.8 Å². The fourth-order valence-corrected chi connectivity index (χ4v) is 2.52. The third kappa shape index (κ3) is 8.22. The standard InChI is InChI=1S/C19H22ClN3O2.C2H6/c1-4-5-16-8-9-17(10-18(16)20)25-19-21-11-15(12-22-19)7-6-13(2)23-14(3)24;1-2/h6-13H,4-5H2,1-3H3,(H,23,24);1-2H3/b7-6+;/t13-;/m0./s1. The van der Waals surface area contributed by atoms with Gasteiger partial charge >= 0.3 is 6.01 Å². The van der Waals surface area contributed by atoms with Crippen LogP contribution in [0.2, 0.25) is 5.02 Å². The maximum atomic E-state index is 11.0. The number of carbonyl (C=O) groups excluding carboxylic acids is 1. The second-order valence-corrected chi connectivity index (χ2v) is 6.16. The molecule has 0 saturated carbocycles. The van der Waals surface area contributed by atoms with Crippen molar-refractivity contribution >= 4 is 23.6 Å². The molecule has 27 heavy (non-hydrogen) atoms. The van der Waals surface area contributed by atoms with Gasteiger partial charge in [-0.15, -0.1) is 0 Å². The highest BCUT2D eigenvalue weighted by molar-refractivity contribution is 6.31. The molecule has 1 aromatic carbocycles. The molecule has 0 aliphatic rings. The van der Waals surface area contributed by atoms with Gasteiger partial charge in [0, 0.05) is 35.9 Å². The van der Waals surface area contributed by atoms with Gasteiger partial charge in [-0.25, -0.2) is 9.97 Å². The highest BCUT2D eigenvalue weighted by Crippen LogP contribution is 2.26. The monoisotopic (exact) mass is 389 g/mol. The molecule has 0 saturated heterocycles. The Hall–Kier alpha value is -2.40. The van der Waals surface area contributed by atoms with Gasteiger partial charge in [0.05, 0.1) is 0 Å². The topological polar surface area (TPSA) is 64.1 Å². The number of nitrogens with zero attached hydrogens (tertiary/aromatic N) is 2. The van der Waals surface area contributed by atoms with Gasteiger partial charge in [0.1, 0.15) is 5.75 Å². The summed E-state index contributed by atoms with van der Waals surface area (Å²) in [5, 5.41) is 3.46. The molecule has 146 valence electrons. The average molecular weight is 390 g/mol. The fraction of sp³-hybridized carbons (Fsp3) is 0.381. The smallest absolute Gasteiger partial charge is 0.321 e. The van der Waals surface area contributed by atoms with Crippen LogP contribution in [0.1, 0.15) is 52.2 Å². The fourth-order valence-electron chi connectivity index (χ4n) is 2.26. The molecule has 0 aliphatic heterocycles. The zero-order valence-corrected chi connectivity index (χ0v) is 17.4. The number of hydrogen-bond acceptors (Lipinski definition) is 4. The minimum absolute atomic E-state index is 0.0581. The van der Waals surface area contributed by atoms with Gasteiger partial charge < -0.3 is 10.1 Å². The number of ether oxygens (including phenoxy) is 1. The summed E-state index contributed by atoms with van der Waals surface area (Å²) >= 11 is 6.25. The van der Waals surface area contributed by atoms with Crippen molar-refractivity contribution in [2.24, 2.45) is 0 Å². The van der Waals surface area contributed by atoms with Crippen LogP contribution in [-0.4, -0.2) is 21.9 Å². The summed E-state index contributed by atoms with van der Waals surface area (Å²) in [7, 11) is 0. The van der Waals surface area contributed by atoms with Gasteiger partial charge in [0.15, 0.2) is 0 Å². The van der Waals surface area contributed by atoms with Gasteiger partial charge in [0.25, 0.3) is 0 Å². The Morgan fingerprint density at radius 2 is 1.96 bits per heavy atom. The highest BCUT2D eigenvalue weighted by atomic mass is 35.5. The lowest BCUT2D eigenvalue weighted by atomic mass is 10.1. The Bertz CT molecular complexity index is 746. The lowest BCUT2D eigenvalue weighted by Crippen LogP contribution is -2.28. The molecule has 2 aromatic rings. The lowest BCUT2D eigenvalue weighted by Gasteiger charge is -2.08. The van der Waals surface area contributed by atoms with Gasteiger partial charge in [-0.1, -0.05) is 57.0 Å². The van der Waals surface area contributed by atoms with E-state index < -0.39 is 0 Å². The summed E-state index contributed by atoms with van der Waals surface area (Å²) in [5.41, 5.74) is 1.92. The van der Waals surface area contributed by atoms with E-state index in [1.165, 1.54) is 6.92 Å². The molecule has 1 heterocycles. The molecule has 0 aliphatic carbocycles. The summed E-state index contributed by atoms with van der Waals surface area (Å²) in [4.78, 5) is 19.3. The van der Waals surface area contributed by atoms with Crippen LogP contribution in [0.4, 0.5) is 0 Å². The quantitative estimate of drug-likeness (QED) is 0.684. The van der Waals surface area contributed by atoms with Crippen molar-refractivity contribution in [3.63, 3.8) is 0 Å². The zero-order chi connectivity index (χ0) is 20.2. The Morgan fingerprint density at radius 3 is 2.52 bits per heavy atom. The molecule has 0 fully saturated rings. The largest absolute Gasteiger partial charge is 0.424 e. The maximum Gasteiger partial charge on any atom is 0.321 e. The van der Waals surface area contributed by atoms with Crippen LogP contribution in [-0.2, 0) is 11.2 Å². The first-order valence-electron chi connectivity index (χ1n) is 9.21. The summed E-state index contributed by atoms with van der Waals surface area (Å²) in [6, 6.07) is 5.80. The number of aromatic nitrogens is 2. The molecule has 1 N–H and O–H groups in total. The maximum absolute atomic E-state index is 11.0. The molecule has 2 rings (SSSR count). The third-order valence-electron chi connectivity index (χ3n) is 3.41. The van der Waals surface area contributed by atoms with E-state index in [4.69, 9.17) is 16.3 Å². The molecule has 0 bridgehead atoms. The first kappa shape index (κ1) is 22.6. The van der Waals surface area contributed by atoms with Crippen molar-refractivity contribution in [1.82, 2.24) is 15.3 Å². The predicted octanol–water partition coefficient (Wildman–Crippen LogP) is 5.44. The van der Waals surface area contributed by atoms with Crippen molar-refractivity contribution < 1.29 is 9.53 Å². The van der Waals surface area contributed by atoms with Crippen LogP contribution in [0.15, 0.2) is 36.7 Å². The number of amides is 1. The second kappa shape index (κ2) is 12.1. The Labute approximate surface area is 166 Å². The van der Waals surface area contributed by atoms with Crippen LogP contribution >= 0.6 is 11.6 Å². The molecule has 1 atom stereocenters. The van der Waals surface area contributed by atoms with Gasteiger partial charge in [-0.05, 0) is 31.0 Å². The molecule has 5 nitrogen and oxygen atoms in total. The Morgan fingerprint density at radius 1 is 1.30 bits per heavy atom. The first-order chi connectivity index (χ1) is 13.0. The van der Waals surface area contributed by atoms with E-state index in [0.717, 1.165) is 24.0 Å². The predicted molar refractivity (Wildman–Crippen MR) is 111 cm³/mol. The van der Waals surface area contributed by atoms with Gasteiger partial charge in [-0.2, -0.15) is 0 Å². The van der Waals surface area contributed by atoms with Crippen molar-refractivity contribution in [2.75, 3.05) is 0 Å². The molecule has 0 radical (unpaired) electrons.